The fraction of sp³-hybridized carbons (Fsp3) is 0.300. The van der Waals surface area contributed by atoms with E-state index in [1.807, 2.05) is 13.0 Å². The second-order valence-corrected chi connectivity index (χ2v) is 4.02. The van der Waals surface area contributed by atoms with Crippen LogP contribution in [0.1, 0.15) is 18.5 Å². The highest BCUT2D eigenvalue weighted by Crippen LogP contribution is 2.29. The van der Waals surface area contributed by atoms with Crippen LogP contribution in [0.5, 0.6) is 0 Å². The van der Waals surface area contributed by atoms with E-state index in [1.54, 1.807) is 12.1 Å². The van der Waals surface area contributed by atoms with Crippen molar-refractivity contribution >= 4 is 29.1 Å². The number of carbonyl (C=O) groups excluding carboxylic acids is 1. The summed E-state index contributed by atoms with van der Waals surface area (Å²) in [6.45, 7) is 1.64. The normalized spacial score (nSPS) is 12.4. The Labute approximate surface area is 104 Å². The van der Waals surface area contributed by atoms with Crippen LogP contribution in [0.2, 0.25) is 10.0 Å². The number of hydroxylamine groups is 1. The molecule has 3 N–H and O–H groups in total. The van der Waals surface area contributed by atoms with Crippen LogP contribution in [0, 0.1) is 0 Å². The highest BCUT2D eigenvalue weighted by Gasteiger charge is 2.11. The Morgan fingerprint density at radius 2 is 2.25 bits per heavy atom. The predicted molar refractivity (Wildman–Crippen MR) is 63.2 cm³/mol. The Balaban J connectivity index is 2.62. The lowest BCUT2D eigenvalue weighted by Gasteiger charge is -2.15. The smallest absolute Gasteiger partial charge is 0.245 e. The van der Waals surface area contributed by atoms with Gasteiger partial charge in [0.25, 0.3) is 0 Å². The SMILES string of the molecule is CC(NOCC(N)=O)c1cccc(Cl)c1Cl. The van der Waals surface area contributed by atoms with Crippen LogP contribution in [0.4, 0.5) is 0 Å². The molecule has 0 aromatic heterocycles. The summed E-state index contributed by atoms with van der Waals surface area (Å²) in [5.41, 5.74) is 8.37. The Morgan fingerprint density at radius 1 is 1.56 bits per heavy atom. The van der Waals surface area contributed by atoms with Crippen molar-refractivity contribution < 1.29 is 9.63 Å². The van der Waals surface area contributed by atoms with Gasteiger partial charge in [0.15, 0.2) is 0 Å². The first-order valence-corrected chi connectivity index (χ1v) is 5.37. The molecule has 6 heteroatoms. The van der Waals surface area contributed by atoms with Gasteiger partial charge in [-0.25, -0.2) is 0 Å². The number of hydrogen-bond donors (Lipinski definition) is 2. The molecule has 0 radical (unpaired) electrons. The number of primary amides is 1. The lowest BCUT2D eigenvalue weighted by atomic mass is 10.1. The zero-order chi connectivity index (χ0) is 12.1. The first-order chi connectivity index (χ1) is 7.52. The lowest BCUT2D eigenvalue weighted by molar-refractivity contribution is -0.126. The number of nitrogens with one attached hydrogen (secondary N) is 1. The molecule has 1 aromatic carbocycles. The molecular weight excluding hydrogens is 251 g/mol. The van der Waals surface area contributed by atoms with Crippen LogP contribution in [-0.2, 0) is 9.63 Å². The van der Waals surface area contributed by atoms with E-state index in [0.717, 1.165) is 5.56 Å². The average Bonchev–Trinajstić information content (AvgIpc) is 2.21. The molecule has 0 aliphatic heterocycles. The number of halogens is 2. The van der Waals surface area contributed by atoms with Gasteiger partial charge in [-0.1, -0.05) is 35.3 Å². The first-order valence-electron chi connectivity index (χ1n) is 4.62. The predicted octanol–water partition coefficient (Wildman–Crippen LogP) is 2.06. The highest BCUT2D eigenvalue weighted by atomic mass is 35.5. The Hall–Kier alpha value is -0.810. The Bertz CT molecular complexity index is 385. The Kier molecular flexibility index (Phi) is 5.02. The van der Waals surface area contributed by atoms with Crippen LogP contribution in [0.3, 0.4) is 0 Å². The molecule has 0 fully saturated rings. The van der Waals surface area contributed by atoms with Crippen LogP contribution in [-0.4, -0.2) is 12.5 Å². The molecule has 1 unspecified atom stereocenters. The minimum atomic E-state index is -0.545. The van der Waals surface area contributed by atoms with Gasteiger partial charge < -0.3 is 5.73 Å². The fourth-order valence-corrected chi connectivity index (χ4v) is 1.63. The van der Waals surface area contributed by atoms with Crippen LogP contribution >= 0.6 is 23.2 Å². The van der Waals surface area contributed by atoms with E-state index in [2.05, 4.69) is 5.48 Å². The standard InChI is InChI=1S/C10H12Cl2N2O2/c1-6(14-16-5-9(13)15)7-3-2-4-8(11)10(7)12/h2-4,6,14H,5H2,1H3,(H2,13,15). The maximum Gasteiger partial charge on any atom is 0.245 e. The van der Waals surface area contributed by atoms with Gasteiger partial charge >= 0.3 is 0 Å². The van der Waals surface area contributed by atoms with Crippen molar-refractivity contribution in [2.45, 2.75) is 13.0 Å². The van der Waals surface area contributed by atoms with Crippen LogP contribution < -0.4 is 11.2 Å². The topological polar surface area (TPSA) is 64.3 Å². The molecule has 0 saturated heterocycles. The molecule has 0 bridgehead atoms. The molecule has 16 heavy (non-hydrogen) atoms. The number of benzene rings is 1. The van der Waals surface area contributed by atoms with E-state index in [-0.39, 0.29) is 12.6 Å². The van der Waals surface area contributed by atoms with Gasteiger partial charge in [-0.15, -0.1) is 0 Å². The third-order valence-electron chi connectivity index (χ3n) is 1.92. The van der Waals surface area contributed by atoms with Gasteiger partial charge in [-0.3, -0.25) is 9.63 Å². The molecule has 0 aliphatic rings. The van der Waals surface area contributed by atoms with Crippen molar-refractivity contribution in [3.63, 3.8) is 0 Å². The zero-order valence-electron chi connectivity index (χ0n) is 8.67. The molecule has 4 nitrogen and oxygen atoms in total. The van der Waals surface area contributed by atoms with Crippen molar-refractivity contribution in [1.82, 2.24) is 5.48 Å². The summed E-state index contributed by atoms with van der Waals surface area (Å²) < 4.78 is 0. The third-order valence-corrected chi connectivity index (χ3v) is 2.76. The monoisotopic (exact) mass is 262 g/mol. The number of hydrogen-bond acceptors (Lipinski definition) is 3. The second-order valence-electron chi connectivity index (χ2n) is 3.24. The maximum absolute atomic E-state index is 10.4. The molecule has 0 spiro atoms. The summed E-state index contributed by atoms with van der Waals surface area (Å²) >= 11 is 11.9. The average molecular weight is 263 g/mol. The van der Waals surface area contributed by atoms with E-state index < -0.39 is 5.91 Å². The molecule has 1 aromatic rings. The third kappa shape index (κ3) is 3.64. The first kappa shape index (κ1) is 13.3. The van der Waals surface area contributed by atoms with Gasteiger partial charge in [-0.05, 0) is 18.6 Å². The van der Waals surface area contributed by atoms with Crippen molar-refractivity contribution in [2.75, 3.05) is 6.61 Å². The van der Waals surface area contributed by atoms with E-state index in [0.29, 0.717) is 10.0 Å². The minimum absolute atomic E-state index is 0.189. The van der Waals surface area contributed by atoms with Gasteiger partial charge in [0.1, 0.15) is 6.61 Å². The van der Waals surface area contributed by atoms with E-state index in [4.69, 9.17) is 33.8 Å². The highest BCUT2D eigenvalue weighted by molar-refractivity contribution is 6.42. The molecule has 0 heterocycles. The summed E-state index contributed by atoms with van der Waals surface area (Å²) in [7, 11) is 0. The molecule has 1 amide bonds. The zero-order valence-corrected chi connectivity index (χ0v) is 10.2. The summed E-state index contributed by atoms with van der Waals surface area (Å²) in [4.78, 5) is 15.3. The molecule has 1 atom stereocenters. The molecule has 0 saturated carbocycles. The number of nitrogens with two attached hydrogens (primary N) is 1. The number of carbonyl (C=O) groups is 1. The molecule has 88 valence electrons. The van der Waals surface area contributed by atoms with Gasteiger partial charge in [0, 0.05) is 0 Å². The molecular formula is C10H12Cl2N2O2. The molecule has 0 aliphatic carbocycles. The minimum Gasteiger partial charge on any atom is -0.368 e. The van der Waals surface area contributed by atoms with Gasteiger partial charge in [0.2, 0.25) is 5.91 Å². The number of amides is 1. The van der Waals surface area contributed by atoms with E-state index in [1.165, 1.54) is 0 Å². The lowest BCUT2D eigenvalue weighted by Crippen LogP contribution is -2.26. The summed E-state index contributed by atoms with van der Waals surface area (Å²) in [5, 5.41) is 0.939. The number of rotatable bonds is 5. The second kappa shape index (κ2) is 6.06. The van der Waals surface area contributed by atoms with Crippen molar-refractivity contribution in [3.05, 3.63) is 33.8 Å². The van der Waals surface area contributed by atoms with Crippen molar-refractivity contribution in [2.24, 2.45) is 5.73 Å². The van der Waals surface area contributed by atoms with Gasteiger partial charge in [0.05, 0.1) is 16.1 Å². The van der Waals surface area contributed by atoms with Crippen molar-refractivity contribution in [3.8, 4) is 0 Å². The van der Waals surface area contributed by atoms with Crippen LogP contribution in [0.15, 0.2) is 18.2 Å². The quantitative estimate of drug-likeness (QED) is 0.799. The van der Waals surface area contributed by atoms with E-state index in [9.17, 15) is 4.79 Å². The van der Waals surface area contributed by atoms with Crippen molar-refractivity contribution in [1.29, 1.82) is 0 Å². The largest absolute Gasteiger partial charge is 0.368 e. The maximum atomic E-state index is 10.4. The molecule has 1 rings (SSSR count). The summed E-state index contributed by atoms with van der Waals surface area (Å²) in [5.74, 6) is -0.545. The summed E-state index contributed by atoms with van der Waals surface area (Å²) in [6.07, 6.45) is 0. The van der Waals surface area contributed by atoms with Gasteiger partial charge in [-0.2, -0.15) is 5.48 Å². The summed E-state index contributed by atoms with van der Waals surface area (Å²) in [6, 6.07) is 5.12. The van der Waals surface area contributed by atoms with E-state index >= 15 is 0 Å². The fourth-order valence-electron chi connectivity index (χ4n) is 1.16. The van der Waals surface area contributed by atoms with Crippen LogP contribution in [0.25, 0.3) is 0 Å². The Morgan fingerprint density at radius 3 is 2.88 bits per heavy atom.